The van der Waals surface area contributed by atoms with E-state index in [1.807, 2.05) is 0 Å². The first kappa shape index (κ1) is 16.6. The lowest BCUT2D eigenvalue weighted by Crippen LogP contribution is -2.43. The molecule has 4 heterocycles. The molecule has 0 saturated carbocycles. The average Bonchev–Trinajstić information content (AvgIpc) is 3.30. The summed E-state index contributed by atoms with van der Waals surface area (Å²) in [4.78, 5) is 22.6. The first-order valence-electron chi connectivity index (χ1n) is 8.69. The summed E-state index contributed by atoms with van der Waals surface area (Å²) in [6.45, 7) is 4.53. The smallest absolute Gasteiger partial charge is 0.271 e. The highest BCUT2D eigenvalue weighted by Gasteiger charge is 2.40. The molecule has 2 aromatic rings. The van der Waals surface area contributed by atoms with Crippen LogP contribution >= 0.6 is 11.3 Å². The molecule has 132 valence electrons. The Bertz CT molecular complexity index is 694. The molecule has 1 N–H and O–H groups in total. The van der Waals surface area contributed by atoms with Crippen molar-refractivity contribution in [3.63, 3.8) is 0 Å². The second kappa shape index (κ2) is 7.59. The number of nitrogens with zero attached hydrogens (tertiary/aromatic N) is 3. The van der Waals surface area contributed by atoms with Crippen LogP contribution in [0, 0.1) is 11.8 Å². The molecule has 7 heteroatoms. The van der Waals surface area contributed by atoms with Crippen molar-refractivity contribution in [1.29, 1.82) is 0 Å². The van der Waals surface area contributed by atoms with E-state index in [0.717, 1.165) is 32.7 Å². The van der Waals surface area contributed by atoms with E-state index in [2.05, 4.69) is 37.0 Å². The fraction of sp³-hybridized carbons (Fsp3) is 0.500. The van der Waals surface area contributed by atoms with Gasteiger partial charge >= 0.3 is 0 Å². The zero-order valence-corrected chi connectivity index (χ0v) is 14.8. The standard InChI is InChI=1S/C18H22N4O2S/c23-18(16-7-19-3-4-20-16)21-8-17-15-1-5-22(10-14(15)11-24-17)9-13-2-6-25-12-13/h2-4,6-7,12,14-15,17H,1,5,8-11H2,(H,21,23)/t14-,15-,17+/m0/s1. The predicted octanol–water partition coefficient (Wildman–Crippen LogP) is 1.80. The van der Waals surface area contributed by atoms with E-state index in [4.69, 9.17) is 4.74 Å². The maximum atomic E-state index is 12.1. The number of hydrogen-bond donors (Lipinski definition) is 1. The first-order chi connectivity index (χ1) is 12.3. The van der Waals surface area contributed by atoms with Gasteiger partial charge in [-0.25, -0.2) is 4.98 Å². The van der Waals surface area contributed by atoms with E-state index in [0.29, 0.717) is 24.1 Å². The minimum absolute atomic E-state index is 0.105. The van der Waals surface area contributed by atoms with Crippen LogP contribution in [-0.4, -0.2) is 53.1 Å². The monoisotopic (exact) mass is 358 g/mol. The molecule has 2 aromatic heterocycles. The van der Waals surface area contributed by atoms with Crippen molar-refractivity contribution >= 4 is 17.2 Å². The number of hydrogen-bond acceptors (Lipinski definition) is 6. The van der Waals surface area contributed by atoms with Crippen molar-refractivity contribution in [3.05, 3.63) is 46.7 Å². The van der Waals surface area contributed by atoms with E-state index in [9.17, 15) is 4.79 Å². The number of amides is 1. The molecule has 0 aromatic carbocycles. The number of rotatable bonds is 5. The van der Waals surface area contributed by atoms with Gasteiger partial charge in [0, 0.05) is 37.9 Å². The topological polar surface area (TPSA) is 67.3 Å². The Morgan fingerprint density at radius 3 is 3.20 bits per heavy atom. The van der Waals surface area contributed by atoms with E-state index in [-0.39, 0.29) is 12.0 Å². The van der Waals surface area contributed by atoms with Gasteiger partial charge in [0.15, 0.2) is 0 Å². The Hall–Kier alpha value is -1.83. The highest BCUT2D eigenvalue weighted by Crippen LogP contribution is 2.34. The van der Waals surface area contributed by atoms with Gasteiger partial charge in [-0.2, -0.15) is 11.3 Å². The zero-order valence-electron chi connectivity index (χ0n) is 14.0. The van der Waals surface area contributed by atoms with Gasteiger partial charge in [-0.05, 0) is 41.3 Å². The van der Waals surface area contributed by atoms with Gasteiger partial charge in [0.05, 0.1) is 18.9 Å². The molecule has 0 spiro atoms. The lowest BCUT2D eigenvalue weighted by atomic mass is 9.84. The third-order valence-electron chi connectivity index (χ3n) is 5.12. The lowest BCUT2D eigenvalue weighted by molar-refractivity contribution is 0.0741. The minimum atomic E-state index is -0.185. The molecule has 25 heavy (non-hydrogen) atoms. The number of nitrogens with one attached hydrogen (secondary N) is 1. The molecule has 2 aliphatic heterocycles. The molecule has 2 aliphatic rings. The van der Waals surface area contributed by atoms with Crippen molar-refractivity contribution in [2.75, 3.05) is 26.2 Å². The summed E-state index contributed by atoms with van der Waals surface area (Å²) in [5, 5.41) is 7.30. The third-order valence-corrected chi connectivity index (χ3v) is 5.86. The number of thiophene rings is 1. The van der Waals surface area contributed by atoms with Gasteiger partial charge in [-0.1, -0.05) is 0 Å². The molecular weight excluding hydrogens is 336 g/mol. The second-order valence-electron chi connectivity index (χ2n) is 6.75. The van der Waals surface area contributed by atoms with Gasteiger partial charge in [-0.3, -0.25) is 14.7 Å². The minimum Gasteiger partial charge on any atom is -0.376 e. The van der Waals surface area contributed by atoms with E-state index < -0.39 is 0 Å². The van der Waals surface area contributed by atoms with Crippen LogP contribution in [0.4, 0.5) is 0 Å². The van der Waals surface area contributed by atoms with Crippen LogP contribution in [0.1, 0.15) is 22.5 Å². The number of carbonyl (C=O) groups is 1. The predicted molar refractivity (Wildman–Crippen MR) is 95.3 cm³/mol. The normalized spacial score (nSPS) is 26.3. The Morgan fingerprint density at radius 1 is 1.44 bits per heavy atom. The Kier molecular flexibility index (Phi) is 5.05. The SMILES string of the molecule is O=C(NC[C@H]1OC[C@@H]2CN(Cc3ccsc3)CC[C@@H]21)c1cnccn1. The fourth-order valence-electron chi connectivity index (χ4n) is 3.86. The molecule has 2 saturated heterocycles. The van der Waals surface area contributed by atoms with Crippen molar-refractivity contribution in [2.45, 2.75) is 19.1 Å². The molecule has 0 bridgehead atoms. The number of carbonyl (C=O) groups excluding carboxylic acids is 1. The lowest BCUT2D eigenvalue weighted by Gasteiger charge is -2.35. The van der Waals surface area contributed by atoms with E-state index in [1.54, 1.807) is 17.5 Å². The number of aromatic nitrogens is 2. The Morgan fingerprint density at radius 2 is 2.40 bits per heavy atom. The summed E-state index contributed by atoms with van der Waals surface area (Å²) in [5.41, 5.74) is 1.75. The third kappa shape index (κ3) is 3.89. The number of fused-ring (bicyclic) bond motifs is 1. The summed E-state index contributed by atoms with van der Waals surface area (Å²) in [6, 6.07) is 2.20. The number of ether oxygens (including phenoxy) is 1. The summed E-state index contributed by atoms with van der Waals surface area (Å²) < 4.78 is 5.99. The molecule has 1 amide bonds. The van der Waals surface area contributed by atoms with Crippen molar-refractivity contribution in [1.82, 2.24) is 20.2 Å². The van der Waals surface area contributed by atoms with Crippen molar-refractivity contribution in [2.24, 2.45) is 11.8 Å². The Labute approximate surface area is 151 Å². The van der Waals surface area contributed by atoms with Crippen LogP contribution in [0.15, 0.2) is 35.4 Å². The zero-order chi connectivity index (χ0) is 17.1. The maximum absolute atomic E-state index is 12.1. The van der Waals surface area contributed by atoms with E-state index >= 15 is 0 Å². The van der Waals surface area contributed by atoms with Crippen LogP contribution in [0.5, 0.6) is 0 Å². The van der Waals surface area contributed by atoms with Crippen LogP contribution in [0.25, 0.3) is 0 Å². The molecule has 4 rings (SSSR count). The first-order valence-corrected chi connectivity index (χ1v) is 9.63. The average molecular weight is 358 g/mol. The number of piperidine rings is 1. The largest absolute Gasteiger partial charge is 0.376 e. The highest BCUT2D eigenvalue weighted by atomic mass is 32.1. The summed E-state index contributed by atoms with van der Waals surface area (Å²) in [7, 11) is 0. The van der Waals surface area contributed by atoms with Crippen molar-refractivity contribution in [3.8, 4) is 0 Å². The quantitative estimate of drug-likeness (QED) is 0.883. The van der Waals surface area contributed by atoms with Crippen LogP contribution in [-0.2, 0) is 11.3 Å². The molecule has 2 fully saturated rings. The van der Waals surface area contributed by atoms with Gasteiger partial charge in [0.25, 0.3) is 5.91 Å². The molecule has 0 radical (unpaired) electrons. The molecular formula is C18H22N4O2S. The summed E-state index contributed by atoms with van der Waals surface area (Å²) in [5.74, 6) is 0.904. The maximum Gasteiger partial charge on any atom is 0.271 e. The summed E-state index contributed by atoms with van der Waals surface area (Å²) in [6.07, 6.45) is 5.80. The number of likely N-dealkylation sites (tertiary alicyclic amines) is 1. The van der Waals surface area contributed by atoms with Crippen LogP contribution in [0.3, 0.4) is 0 Å². The molecule has 0 unspecified atom stereocenters. The van der Waals surface area contributed by atoms with E-state index in [1.165, 1.54) is 18.0 Å². The van der Waals surface area contributed by atoms with Gasteiger partial charge in [-0.15, -0.1) is 0 Å². The van der Waals surface area contributed by atoms with Gasteiger partial charge in [0.2, 0.25) is 0 Å². The molecule has 6 nitrogen and oxygen atoms in total. The Balaban J connectivity index is 1.28. The van der Waals surface area contributed by atoms with Crippen LogP contribution < -0.4 is 5.32 Å². The highest BCUT2D eigenvalue weighted by molar-refractivity contribution is 7.07. The molecule has 3 atom stereocenters. The fourth-order valence-corrected chi connectivity index (χ4v) is 4.52. The molecule has 0 aliphatic carbocycles. The van der Waals surface area contributed by atoms with Gasteiger partial charge in [0.1, 0.15) is 5.69 Å². The summed E-state index contributed by atoms with van der Waals surface area (Å²) >= 11 is 1.75. The second-order valence-corrected chi connectivity index (χ2v) is 7.53. The van der Waals surface area contributed by atoms with Gasteiger partial charge < -0.3 is 10.1 Å². The van der Waals surface area contributed by atoms with Crippen LogP contribution in [0.2, 0.25) is 0 Å². The van der Waals surface area contributed by atoms with Crippen molar-refractivity contribution < 1.29 is 9.53 Å².